The molecule has 0 bridgehead atoms. The summed E-state index contributed by atoms with van der Waals surface area (Å²) in [5, 5.41) is 0. The zero-order valence-corrected chi connectivity index (χ0v) is 6.47. The number of carbonyl (C=O) groups is 1. The fourth-order valence-electron chi connectivity index (χ4n) is 0.829. The van der Waals surface area contributed by atoms with Crippen molar-refractivity contribution in [1.82, 2.24) is 0 Å². The van der Waals surface area contributed by atoms with Crippen molar-refractivity contribution >= 4 is 18.6 Å². The van der Waals surface area contributed by atoms with Crippen LogP contribution in [0.3, 0.4) is 0 Å². The molecule has 1 aliphatic rings. The monoisotopic (exact) mass is 162 g/mol. The summed E-state index contributed by atoms with van der Waals surface area (Å²) >= 11 is 3.77. The molecule has 0 N–H and O–H groups in total. The Bertz CT molecular complexity index is 120. The molecule has 3 nitrogen and oxygen atoms in total. The molecular weight excluding hydrogens is 152 g/mol. The maximum Gasteiger partial charge on any atom is 0.315 e. The molecule has 0 saturated carbocycles. The lowest BCUT2D eigenvalue weighted by Crippen LogP contribution is -2.18. The van der Waals surface area contributed by atoms with Crippen molar-refractivity contribution in [2.24, 2.45) is 0 Å². The van der Waals surface area contributed by atoms with Crippen molar-refractivity contribution in [1.29, 1.82) is 0 Å². The van der Waals surface area contributed by atoms with E-state index in [2.05, 4.69) is 12.6 Å². The number of ether oxygens (including phenoxy) is 2. The molecule has 4 heteroatoms. The average Bonchev–Trinajstić information content (AvgIpc) is 2.40. The van der Waals surface area contributed by atoms with Crippen LogP contribution in [0, 0.1) is 0 Å². The van der Waals surface area contributed by atoms with E-state index in [1.54, 1.807) is 0 Å². The van der Waals surface area contributed by atoms with E-state index >= 15 is 0 Å². The molecule has 1 fully saturated rings. The molecule has 0 aromatic rings. The summed E-state index contributed by atoms with van der Waals surface area (Å²) in [4.78, 5) is 10.6. The molecule has 10 heavy (non-hydrogen) atoms. The first-order valence-electron chi connectivity index (χ1n) is 3.21. The second-order valence-electron chi connectivity index (χ2n) is 2.13. The SMILES string of the molecule is O=C(CS)OC1CCOC1. The number of hydrogen-bond donors (Lipinski definition) is 1. The molecule has 1 rings (SSSR count). The minimum atomic E-state index is -0.265. The lowest BCUT2D eigenvalue weighted by atomic mass is 10.3. The first-order valence-corrected chi connectivity index (χ1v) is 3.84. The molecule has 0 amide bonds. The van der Waals surface area contributed by atoms with Crippen LogP contribution in [-0.2, 0) is 14.3 Å². The van der Waals surface area contributed by atoms with Crippen molar-refractivity contribution in [3.63, 3.8) is 0 Å². The van der Waals surface area contributed by atoms with Crippen LogP contribution in [0.2, 0.25) is 0 Å². The van der Waals surface area contributed by atoms with Gasteiger partial charge in [-0.05, 0) is 0 Å². The van der Waals surface area contributed by atoms with Crippen LogP contribution in [0.4, 0.5) is 0 Å². The molecule has 0 aliphatic carbocycles. The third-order valence-electron chi connectivity index (χ3n) is 1.32. The molecule has 1 aliphatic heterocycles. The van der Waals surface area contributed by atoms with E-state index in [9.17, 15) is 4.79 Å². The largest absolute Gasteiger partial charge is 0.459 e. The van der Waals surface area contributed by atoms with Crippen molar-refractivity contribution < 1.29 is 14.3 Å². The second-order valence-corrected chi connectivity index (χ2v) is 2.45. The third kappa shape index (κ3) is 2.19. The van der Waals surface area contributed by atoms with Crippen molar-refractivity contribution in [2.45, 2.75) is 12.5 Å². The van der Waals surface area contributed by atoms with Crippen molar-refractivity contribution in [3.05, 3.63) is 0 Å². The standard InChI is InChI=1S/C6H10O3S/c7-6(4-10)9-5-1-2-8-3-5/h5,10H,1-4H2. The normalized spacial score (nSPS) is 24.7. The fraction of sp³-hybridized carbons (Fsp3) is 0.833. The van der Waals surface area contributed by atoms with E-state index in [1.165, 1.54) is 0 Å². The van der Waals surface area contributed by atoms with Crippen LogP contribution in [0.1, 0.15) is 6.42 Å². The van der Waals surface area contributed by atoms with Crippen molar-refractivity contribution in [2.75, 3.05) is 19.0 Å². The Balaban J connectivity index is 2.17. The maximum atomic E-state index is 10.6. The van der Waals surface area contributed by atoms with Gasteiger partial charge >= 0.3 is 5.97 Å². The van der Waals surface area contributed by atoms with E-state index < -0.39 is 0 Å². The Kier molecular flexibility index (Phi) is 3.02. The second kappa shape index (κ2) is 3.83. The highest BCUT2D eigenvalue weighted by molar-refractivity contribution is 7.81. The highest BCUT2D eigenvalue weighted by Gasteiger charge is 2.18. The minimum absolute atomic E-state index is 0.0281. The Labute approximate surface area is 65.1 Å². The summed E-state index contributed by atoms with van der Waals surface area (Å²) in [6, 6.07) is 0. The lowest BCUT2D eigenvalue weighted by Gasteiger charge is -2.07. The van der Waals surface area contributed by atoms with Crippen LogP contribution < -0.4 is 0 Å². The lowest BCUT2D eigenvalue weighted by molar-refractivity contribution is -0.145. The summed E-state index contributed by atoms with van der Waals surface area (Å²) in [6.45, 7) is 1.24. The van der Waals surface area contributed by atoms with Gasteiger partial charge in [0.15, 0.2) is 0 Å². The molecule has 1 heterocycles. The molecule has 1 saturated heterocycles. The number of carbonyl (C=O) groups excluding carboxylic acids is 1. The number of hydrogen-bond acceptors (Lipinski definition) is 4. The highest BCUT2D eigenvalue weighted by atomic mass is 32.1. The van der Waals surface area contributed by atoms with Gasteiger partial charge in [-0.15, -0.1) is 0 Å². The topological polar surface area (TPSA) is 35.5 Å². The number of rotatable bonds is 2. The maximum absolute atomic E-state index is 10.6. The van der Waals surface area contributed by atoms with Gasteiger partial charge in [-0.1, -0.05) is 0 Å². The average molecular weight is 162 g/mol. The molecule has 1 unspecified atom stereocenters. The third-order valence-corrected chi connectivity index (χ3v) is 1.57. The first-order chi connectivity index (χ1) is 4.83. The van der Waals surface area contributed by atoms with Gasteiger partial charge in [0.1, 0.15) is 6.10 Å². The van der Waals surface area contributed by atoms with Gasteiger partial charge in [0.05, 0.1) is 19.0 Å². The van der Waals surface area contributed by atoms with Crippen LogP contribution in [0.25, 0.3) is 0 Å². The molecule has 0 aromatic heterocycles. The van der Waals surface area contributed by atoms with E-state index in [0.717, 1.165) is 6.42 Å². The van der Waals surface area contributed by atoms with E-state index in [4.69, 9.17) is 9.47 Å². The van der Waals surface area contributed by atoms with Crippen LogP contribution in [0.15, 0.2) is 0 Å². The molecule has 0 aromatic carbocycles. The highest BCUT2D eigenvalue weighted by Crippen LogP contribution is 2.07. The van der Waals surface area contributed by atoms with Gasteiger partial charge in [0.25, 0.3) is 0 Å². The predicted octanol–water partition coefficient (Wildman–Crippen LogP) is 0.248. The van der Waals surface area contributed by atoms with Crippen LogP contribution in [-0.4, -0.2) is 31.0 Å². The molecule has 0 radical (unpaired) electrons. The molecule has 1 atom stereocenters. The zero-order chi connectivity index (χ0) is 7.40. The number of esters is 1. The summed E-state index contributed by atoms with van der Waals surface area (Å²) < 4.78 is 9.92. The Hall–Kier alpha value is -0.220. The van der Waals surface area contributed by atoms with Gasteiger partial charge in [0.2, 0.25) is 0 Å². The summed E-state index contributed by atoms with van der Waals surface area (Å²) in [6.07, 6.45) is 0.791. The Morgan fingerprint density at radius 3 is 3.10 bits per heavy atom. The van der Waals surface area contributed by atoms with E-state index in [1.807, 2.05) is 0 Å². The molecular formula is C6H10O3S. The Morgan fingerprint density at radius 1 is 1.80 bits per heavy atom. The quantitative estimate of drug-likeness (QED) is 0.467. The predicted molar refractivity (Wildman–Crippen MR) is 39.2 cm³/mol. The van der Waals surface area contributed by atoms with Crippen LogP contribution >= 0.6 is 12.6 Å². The van der Waals surface area contributed by atoms with E-state index in [0.29, 0.717) is 13.2 Å². The summed E-state index contributed by atoms with van der Waals surface area (Å²) in [5.41, 5.74) is 0. The van der Waals surface area contributed by atoms with Gasteiger partial charge in [0, 0.05) is 6.42 Å². The zero-order valence-electron chi connectivity index (χ0n) is 5.58. The Morgan fingerprint density at radius 2 is 2.60 bits per heavy atom. The summed E-state index contributed by atoms with van der Waals surface area (Å²) in [5.74, 6) is -0.116. The van der Waals surface area contributed by atoms with Gasteiger partial charge < -0.3 is 9.47 Å². The number of thiol groups is 1. The first kappa shape index (κ1) is 7.88. The van der Waals surface area contributed by atoms with E-state index in [-0.39, 0.29) is 17.8 Å². The smallest absolute Gasteiger partial charge is 0.315 e. The summed E-state index contributed by atoms with van der Waals surface area (Å²) in [7, 11) is 0. The molecule has 0 spiro atoms. The minimum Gasteiger partial charge on any atom is -0.459 e. The fourth-order valence-corrected chi connectivity index (χ4v) is 0.904. The van der Waals surface area contributed by atoms with Crippen molar-refractivity contribution in [3.8, 4) is 0 Å². The van der Waals surface area contributed by atoms with Crippen LogP contribution in [0.5, 0.6) is 0 Å². The van der Waals surface area contributed by atoms with Gasteiger partial charge in [-0.2, -0.15) is 12.6 Å². The molecule has 58 valence electrons. The van der Waals surface area contributed by atoms with Gasteiger partial charge in [-0.3, -0.25) is 4.79 Å². The van der Waals surface area contributed by atoms with Gasteiger partial charge in [-0.25, -0.2) is 0 Å².